The Morgan fingerprint density at radius 1 is 1.27 bits per heavy atom. The predicted octanol–water partition coefficient (Wildman–Crippen LogP) is 2.45. The normalized spacial score (nSPS) is 10.6. The van der Waals surface area contributed by atoms with Gasteiger partial charge in [-0.2, -0.15) is 0 Å². The van der Waals surface area contributed by atoms with Gasteiger partial charge in [0.2, 0.25) is 0 Å². The van der Waals surface area contributed by atoms with Gasteiger partial charge in [0, 0.05) is 10.9 Å². The van der Waals surface area contributed by atoms with Crippen LogP contribution in [-0.2, 0) is 0 Å². The Balaban J connectivity index is 2.93. The second kappa shape index (κ2) is 2.02. The highest BCUT2D eigenvalue weighted by Crippen LogP contribution is 2.26. The van der Waals surface area contributed by atoms with E-state index in [0.717, 1.165) is 16.5 Å². The summed E-state index contributed by atoms with van der Waals surface area (Å²) < 4.78 is 5.14. The van der Waals surface area contributed by atoms with E-state index in [1.54, 1.807) is 18.4 Å². The molecule has 0 spiro atoms. The van der Waals surface area contributed by atoms with E-state index in [1.165, 1.54) is 0 Å². The molecule has 2 rings (SSSR count). The molecule has 0 aliphatic heterocycles. The summed E-state index contributed by atoms with van der Waals surface area (Å²) in [6.45, 7) is 1.87. The SMILES string of the molecule is Cc1c(O)ccc2occc12. The first-order valence-electron chi connectivity index (χ1n) is 3.45. The van der Waals surface area contributed by atoms with Crippen LogP contribution in [-0.4, -0.2) is 5.11 Å². The van der Waals surface area contributed by atoms with Crippen molar-refractivity contribution in [1.29, 1.82) is 0 Å². The lowest BCUT2D eigenvalue weighted by Crippen LogP contribution is -1.73. The molecule has 11 heavy (non-hydrogen) atoms. The van der Waals surface area contributed by atoms with Crippen molar-refractivity contribution in [1.82, 2.24) is 0 Å². The Labute approximate surface area is 64.1 Å². The molecule has 0 amide bonds. The fraction of sp³-hybridized carbons (Fsp3) is 0.111. The lowest BCUT2D eigenvalue weighted by Gasteiger charge is -1.97. The summed E-state index contributed by atoms with van der Waals surface area (Å²) in [5, 5.41) is 10.3. The molecule has 2 heteroatoms. The van der Waals surface area contributed by atoms with Gasteiger partial charge in [0.25, 0.3) is 0 Å². The quantitative estimate of drug-likeness (QED) is 0.622. The van der Waals surface area contributed by atoms with Crippen molar-refractivity contribution in [2.45, 2.75) is 6.92 Å². The van der Waals surface area contributed by atoms with Crippen molar-refractivity contribution in [3.05, 3.63) is 30.0 Å². The zero-order chi connectivity index (χ0) is 7.84. The van der Waals surface area contributed by atoms with Crippen LogP contribution in [0, 0.1) is 6.92 Å². The van der Waals surface area contributed by atoms with Crippen LogP contribution in [0.5, 0.6) is 5.75 Å². The van der Waals surface area contributed by atoms with Crippen LogP contribution in [0.2, 0.25) is 0 Å². The number of fused-ring (bicyclic) bond motifs is 1. The Morgan fingerprint density at radius 2 is 2.09 bits per heavy atom. The Kier molecular flexibility index (Phi) is 1.15. The van der Waals surface area contributed by atoms with Crippen LogP contribution in [0.1, 0.15) is 5.56 Å². The molecule has 0 aliphatic carbocycles. The molecular formula is C9H8O2. The number of hydrogen-bond donors (Lipinski definition) is 1. The first-order valence-corrected chi connectivity index (χ1v) is 3.45. The summed E-state index contributed by atoms with van der Waals surface area (Å²) in [4.78, 5) is 0. The van der Waals surface area contributed by atoms with E-state index in [-0.39, 0.29) is 0 Å². The Bertz CT molecular complexity index is 387. The molecule has 1 aromatic carbocycles. The Morgan fingerprint density at radius 3 is 2.91 bits per heavy atom. The largest absolute Gasteiger partial charge is 0.508 e. The summed E-state index contributed by atoms with van der Waals surface area (Å²) in [5.74, 6) is 0.318. The summed E-state index contributed by atoms with van der Waals surface area (Å²) in [5.41, 5.74) is 1.69. The van der Waals surface area contributed by atoms with Crippen LogP contribution in [0.25, 0.3) is 11.0 Å². The highest BCUT2D eigenvalue weighted by molar-refractivity contribution is 5.82. The minimum Gasteiger partial charge on any atom is -0.508 e. The van der Waals surface area contributed by atoms with Gasteiger partial charge in [0.05, 0.1) is 6.26 Å². The molecule has 0 fully saturated rings. The zero-order valence-electron chi connectivity index (χ0n) is 6.16. The monoisotopic (exact) mass is 148 g/mol. The van der Waals surface area contributed by atoms with Crippen molar-refractivity contribution in [3.8, 4) is 5.75 Å². The number of phenols is 1. The van der Waals surface area contributed by atoms with Gasteiger partial charge in [-0.1, -0.05) is 0 Å². The third kappa shape index (κ3) is 0.792. The molecule has 1 aromatic heterocycles. The lowest BCUT2D eigenvalue weighted by molar-refractivity contribution is 0.472. The van der Waals surface area contributed by atoms with Crippen molar-refractivity contribution < 1.29 is 9.52 Å². The molecule has 0 bridgehead atoms. The van der Waals surface area contributed by atoms with Gasteiger partial charge >= 0.3 is 0 Å². The lowest BCUT2D eigenvalue weighted by atomic mass is 10.1. The van der Waals surface area contributed by atoms with Crippen molar-refractivity contribution >= 4 is 11.0 Å². The predicted molar refractivity (Wildman–Crippen MR) is 42.6 cm³/mol. The molecule has 0 atom stereocenters. The van der Waals surface area contributed by atoms with Crippen molar-refractivity contribution in [2.75, 3.05) is 0 Å². The van der Waals surface area contributed by atoms with Crippen LogP contribution < -0.4 is 0 Å². The average molecular weight is 148 g/mol. The third-order valence-electron chi connectivity index (χ3n) is 1.88. The van der Waals surface area contributed by atoms with Gasteiger partial charge in [0.1, 0.15) is 11.3 Å². The smallest absolute Gasteiger partial charge is 0.134 e. The topological polar surface area (TPSA) is 33.4 Å². The maximum absolute atomic E-state index is 9.29. The van der Waals surface area contributed by atoms with E-state index in [9.17, 15) is 5.11 Å². The fourth-order valence-corrected chi connectivity index (χ4v) is 1.18. The van der Waals surface area contributed by atoms with E-state index in [1.807, 2.05) is 13.0 Å². The minimum absolute atomic E-state index is 0.318. The van der Waals surface area contributed by atoms with Crippen molar-refractivity contribution in [2.24, 2.45) is 0 Å². The standard InChI is InChI=1S/C9H8O2/c1-6-7-4-5-11-9(7)3-2-8(6)10/h2-5,10H,1H3. The van der Waals surface area contributed by atoms with Gasteiger partial charge in [-0.25, -0.2) is 0 Å². The summed E-state index contributed by atoms with van der Waals surface area (Å²) in [6.07, 6.45) is 1.62. The molecule has 2 nitrogen and oxygen atoms in total. The highest BCUT2D eigenvalue weighted by atomic mass is 16.3. The summed E-state index contributed by atoms with van der Waals surface area (Å²) in [6, 6.07) is 5.25. The third-order valence-corrected chi connectivity index (χ3v) is 1.88. The van der Waals surface area contributed by atoms with E-state index >= 15 is 0 Å². The van der Waals surface area contributed by atoms with E-state index < -0.39 is 0 Å². The van der Waals surface area contributed by atoms with Crippen molar-refractivity contribution in [3.63, 3.8) is 0 Å². The molecule has 2 aromatic rings. The number of rotatable bonds is 0. The fourth-order valence-electron chi connectivity index (χ4n) is 1.18. The average Bonchev–Trinajstić information content (AvgIpc) is 2.45. The molecule has 56 valence electrons. The first-order chi connectivity index (χ1) is 5.29. The molecule has 0 radical (unpaired) electrons. The number of aryl methyl sites for hydroxylation is 1. The van der Waals surface area contributed by atoms with Gasteiger partial charge in [-0.3, -0.25) is 0 Å². The Hall–Kier alpha value is -1.44. The summed E-state index contributed by atoms with van der Waals surface area (Å²) >= 11 is 0. The van der Waals surface area contributed by atoms with E-state index in [0.29, 0.717) is 5.75 Å². The van der Waals surface area contributed by atoms with Gasteiger partial charge in [0.15, 0.2) is 0 Å². The van der Waals surface area contributed by atoms with Gasteiger partial charge < -0.3 is 9.52 Å². The van der Waals surface area contributed by atoms with Crippen LogP contribution >= 0.6 is 0 Å². The van der Waals surface area contributed by atoms with Crippen LogP contribution in [0.4, 0.5) is 0 Å². The van der Waals surface area contributed by atoms with E-state index in [2.05, 4.69) is 0 Å². The van der Waals surface area contributed by atoms with Gasteiger partial charge in [-0.05, 0) is 25.1 Å². The highest BCUT2D eigenvalue weighted by Gasteiger charge is 2.02. The number of phenolic OH excluding ortho intramolecular Hbond substituents is 1. The number of aromatic hydroxyl groups is 1. The maximum atomic E-state index is 9.29. The number of furan rings is 1. The first kappa shape index (κ1) is 6.28. The zero-order valence-corrected chi connectivity index (χ0v) is 6.16. The summed E-state index contributed by atoms with van der Waals surface area (Å²) in [7, 11) is 0. The number of benzene rings is 1. The minimum atomic E-state index is 0.318. The maximum Gasteiger partial charge on any atom is 0.134 e. The number of hydrogen-bond acceptors (Lipinski definition) is 2. The molecular weight excluding hydrogens is 140 g/mol. The molecule has 0 saturated heterocycles. The second-order valence-corrected chi connectivity index (χ2v) is 2.54. The van der Waals surface area contributed by atoms with E-state index in [4.69, 9.17) is 4.42 Å². The molecule has 1 N–H and O–H groups in total. The van der Waals surface area contributed by atoms with Crippen LogP contribution in [0.3, 0.4) is 0 Å². The molecule has 0 saturated carbocycles. The molecule has 1 heterocycles. The van der Waals surface area contributed by atoms with Gasteiger partial charge in [-0.15, -0.1) is 0 Å². The molecule has 0 unspecified atom stereocenters. The molecule has 0 aliphatic rings. The second-order valence-electron chi connectivity index (χ2n) is 2.54. The van der Waals surface area contributed by atoms with Crippen LogP contribution in [0.15, 0.2) is 28.9 Å².